The molecule has 0 radical (unpaired) electrons. The first-order chi connectivity index (χ1) is 8.19. The second-order valence-corrected chi connectivity index (χ2v) is 6.19. The van der Waals surface area contributed by atoms with E-state index < -0.39 is 27.5 Å². The molecular weight excluding hydrogens is 282 g/mol. The largest absolute Gasteiger partial charge is 0.478 e. The van der Waals surface area contributed by atoms with Crippen LogP contribution in [0.2, 0.25) is 5.02 Å². The number of hydrogen-bond donors (Lipinski definition) is 2. The Hall–Kier alpha value is -1.60. The molecule has 0 heterocycles. The zero-order chi connectivity index (χ0) is 13.9. The summed E-state index contributed by atoms with van der Waals surface area (Å²) in [7, 11) is -3.47. The fourth-order valence-corrected chi connectivity index (χ4v) is 1.95. The highest BCUT2D eigenvalue weighted by Crippen LogP contribution is 2.20. The Morgan fingerprint density at radius 1 is 1.39 bits per heavy atom. The third kappa shape index (κ3) is 4.34. The lowest BCUT2D eigenvalue weighted by Crippen LogP contribution is -2.23. The number of rotatable bonds is 4. The van der Waals surface area contributed by atoms with Gasteiger partial charge in [-0.3, -0.25) is 4.79 Å². The zero-order valence-corrected chi connectivity index (χ0v) is 10.9. The Morgan fingerprint density at radius 2 is 2.00 bits per heavy atom. The number of carboxylic acid groups (broad SMARTS) is 1. The van der Waals surface area contributed by atoms with Gasteiger partial charge in [0.15, 0.2) is 9.84 Å². The van der Waals surface area contributed by atoms with E-state index in [0.29, 0.717) is 0 Å². The summed E-state index contributed by atoms with van der Waals surface area (Å²) in [5.41, 5.74) is -0.204. The molecule has 6 nitrogen and oxygen atoms in total. The number of amides is 1. The molecule has 0 unspecified atom stereocenters. The Morgan fingerprint density at radius 3 is 2.50 bits per heavy atom. The molecule has 1 amide bonds. The number of carbonyl (C=O) groups is 2. The van der Waals surface area contributed by atoms with Gasteiger partial charge in [0.25, 0.3) is 0 Å². The standard InChI is InChI=1S/C10H10ClNO5S/c1-18(16,17)5-9(13)12-8-3-2-6(11)4-7(8)10(14)15/h2-4H,5H2,1H3,(H,12,13)(H,14,15). The predicted octanol–water partition coefficient (Wildman–Crippen LogP) is 1.02. The van der Waals surface area contributed by atoms with Gasteiger partial charge in [-0.05, 0) is 18.2 Å². The van der Waals surface area contributed by atoms with Crippen LogP contribution in [0.15, 0.2) is 18.2 Å². The van der Waals surface area contributed by atoms with Gasteiger partial charge in [-0.25, -0.2) is 13.2 Å². The van der Waals surface area contributed by atoms with Crippen LogP contribution in [0.25, 0.3) is 0 Å². The van der Waals surface area contributed by atoms with Crippen molar-refractivity contribution in [1.29, 1.82) is 0 Å². The lowest BCUT2D eigenvalue weighted by atomic mass is 10.2. The van der Waals surface area contributed by atoms with Gasteiger partial charge >= 0.3 is 5.97 Å². The zero-order valence-electron chi connectivity index (χ0n) is 9.31. The molecule has 0 aromatic heterocycles. The van der Waals surface area contributed by atoms with Gasteiger partial charge in [0.2, 0.25) is 5.91 Å². The van der Waals surface area contributed by atoms with Crippen LogP contribution < -0.4 is 5.32 Å². The summed E-state index contributed by atoms with van der Waals surface area (Å²) in [5.74, 6) is -2.79. The van der Waals surface area contributed by atoms with Crippen LogP contribution in [-0.2, 0) is 14.6 Å². The summed E-state index contributed by atoms with van der Waals surface area (Å²) < 4.78 is 21.8. The van der Waals surface area contributed by atoms with Crippen LogP contribution in [-0.4, -0.2) is 37.4 Å². The average molecular weight is 292 g/mol. The molecule has 0 saturated heterocycles. The van der Waals surface area contributed by atoms with Crippen LogP contribution in [0.3, 0.4) is 0 Å². The van der Waals surface area contributed by atoms with Gasteiger partial charge in [-0.2, -0.15) is 0 Å². The maximum absolute atomic E-state index is 11.4. The Kier molecular flexibility index (Phi) is 4.31. The first-order valence-corrected chi connectivity index (χ1v) is 7.13. The van der Waals surface area contributed by atoms with E-state index in [1.807, 2.05) is 0 Å². The summed E-state index contributed by atoms with van der Waals surface area (Å²) in [4.78, 5) is 22.3. The van der Waals surface area contributed by atoms with E-state index >= 15 is 0 Å². The van der Waals surface area contributed by atoms with E-state index in [1.54, 1.807) is 0 Å². The highest BCUT2D eigenvalue weighted by atomic mass is 35.5. The van der Waals surface area contributed by atoms with Crippen molar-refractivity contribution in [2.75, 3.05) is 17.3 Å². The minimum Gasteiger partial charge on any atom is -0.478 e. The molecular formula is C10H10ClNO5S. The second kappa shape index (κ2) is 5.36. The normalized spacial score (nSPS) is 11.0. The third-order valence-corrected chi connectivity index (χ3v) is 2.90. The lowest BCUT2D eigenvalue weighted by molar-refractivity contribution is -0.113. The number of hydrogen-bond acceptors (Lipinski definition) is 4. The molecule has 0 aliphatic rings. The molecule has 1 aromatic rings. The van der Waals surface area contributed by atoms with Gasteiger partial charge < -0.3 is 10.4 Å². The third-order valence-electron chi connectivity index (χ3n) is 1.88. The quantitative estimate of drug-likeness (QED) is 0.862. The van der Waals surface area contributed by atoms with Gasteiger partial charge in [0, 0.05) is 11.3 Å². The smallest absolute Gasteiger partial charge is 0.337 e. The molecule has 1 aromatic carbocycles. The number of sulfone groups is 1. The summed E-state index contributed by atoms with van der Waals surface area (Å²) in [6, 6.07) is 3.86. The summed E-state index contributed by atoms with van der Waals surface area (Å²) in [6.07, 6.45) is 0.909. The van der Waals surface area contributed by atoms with E-state index in [1.165, 1.54) is 18.2 Å². The van der Waals surface area contributed by atoms with Crippen molar-refractivity contribution in [3.63, 3.8) is 0 Å². The number of halogens is 1. The van der Waals surface area contributed by atoms with Gasteiger partial charge in [-0.15, -0.1) is 0 Å². The molecule has 0 spiro atoms. The topological polar surface area (TPSA) is 101 Å². The molecule has 0 aliphatic heterocycles. The van der Waals surface area contributed by atoms with E-state index in [9.17, 15) is 18.0 Å². The van der Waals surface area contributed by atoms with Crippen molar-refractivity contribution in [1.82, 2.24) is 0 Å². The van der Waals surface area contributed by atoms with Crippen molar-refractivity contribution in [3.05, 3.63) is 28.8 Å². The maximum atomic E-state index is 11.4. The number of aromatic carboxylic acids is 1. The monoisotopic (exact) mass is 291 g/mol. The van der Waals surface area contributed by atoms with E-state index in [4.69, 9.17) is 16.7 Å². The molecule has 98 valence electrons. The van der Waals surface area contributed by atoms with Gasteiger partial charge in [0.1, 0.15) is 5.75 Å². The number of carbonyl (C=O) groups excluding carboxylic acids is 1. The molecule has 8 heteroatoms. The van der Waals surface area contributed by atoms with E-state index in [0.717, 1.165) is 6.26 Å². The van der Waals surface area contributed by atoms with Crippen LogP contribution in [0.4, 0.5) is 5.69 Å². The number of benzene rings is 1. The summed E-state index contributed by atoms with van der Waals surface area (Å²) in [5, 5.41) is 11.3. The van der Waals surface area contributed by atoms with Gasteiger partial charge in [-0.1, -0.05) is 11.6 Å². The van der Waals surface area contributed by atoms with Crippen molar-refractivity contribution in [3.8, 4) is 0 Å². The molecule has 1 rings (SSSR count). The van der Waals surface area contributed by atoms with Crippen molar-refractivity contribution >= 4 is 39.0 Å². The molecule has 0 bridgehead atoms. The number of nitrogens with one attached hydrogen (secondary N) is 1. The maximum Gasteiger partial charge on any atom is 0.337 e. The average Bonchev–Trinajstić information content (AvgIpc) is 2.17. The van der Waals surface area contributed by atoms with E-state index in [2.05, 4.69) is 5.32 Å². The summed E-state index contributed by atoms with van der Waals surface area (Å²) >= 11 is 5.63. The minimum atomic E-state index is -3.47. The fourth-order valence-electron chi connectivity index (χ4n) is 1.23. The first-order valence-electron chi connectivity index (χ1n) is 4.69. The van der Waals surface area contributed by atoms with Gasteiger partial charge in [0.05, 0.1) is 11.3 Å². The second-order valence-electron chi connectivity index (χ2n) is 3.61. The highest BCUT2D eigenvalue weighted by molar-refractivity contribution is 7.91. The van der Waals surface area contributed by atoms with Crippen LogP contribution in [0, 0.1) is 0 Å². The Balaban J connectivity index is 2.98. The van der Waals surface area contributed by atoms with Crippen LogP contribution >= 0.6 is 11.6 Å². The lowest BCUT2D eigenvalue weighted by Gasteiger charge is -2.08. The van der Waals surface area contributed by atoms with Crippen molar-refractivity contribution < 1.29 is 23.1 Å². The van der Waals surface area contributed by atoms with Crippen LogP contribution in [0.1, 0.15) is 10.4 Å². The minimum absolute atomic E-state index is 0.000509. The van der Waals surface area contributed by atoms with Crippen molar-refractivity contribution in [2.45, 2.75) is 0 Å². The molecule has 0 atom stereocenters. The first kappa shape index (κ1) is 14.5. The summed E-state index contributed by atoms with van der Waals surface area (Å²) in [6.45, 7) is 0. The fraction of sp³-hybridized carbons (Fsp3) is 0.200. The van der Waals surface area contributed by atoms with Crippen molar-refractivity contribution in [2.24, 2.45) is 0 Å². The molecule has 0 saturated carbocycles. The van der Waals surface area contributed by atoms with E-state index in [-0.39, 0.29) is 16.3 Å². The van der Waals surface area contributed by atoms with Crippen LogP contribution in [0.5, 0.6) is 0 Å². The number of anilines is 1. The predicted molar refractivity (Wildman–Crippen MR) is 66.8 cm³/mol. The molecule has 18 heavy (non-hydrogen) atoms. The molecule has 2 N–H and O–H groups in total. The SMILES string of the molecule is CS(=O)(=O)CC(=O)Nc1ccc(Cl)cc1C(=O)O. The highest BCUT2D eigenvalue weighted by Gasteiger charge is 2.15. The number of carboxylic acids is 1. The molecule has 0 aliphatic carbocycles. The molecule has 0 fully saturated rings. The Bertz CT molecular complexity index is 596. The Labute approximate surface area is 108 Å².